The van der Waals surface area contributed by atoms with Crippen LogP contribution in [0.25, 0.3) is 0 Å². The second-order valence-electron chi connectivity index (χ2n) is 3.53. The number of hydrogen-bond acceptors (Lipinski definition) is 3. The lowest BCUT2D eigenvalue weighted by Gasteiger charge is -2.18. The van der Waals surface area contributed by atoms with Gasteiger partial charge in [-0.15, -0.1) is 11.8 Å². The Bertz CT molecular complexity index is 328. The van der Waals surface area contributed by atoms with Gasteiger partial charge in [0.25, 0.3) is 0 Å². The molecule has 4 heteroatoms. The fourth-order valence-corrected chi connectivity index (χ4v) is 2.60. The van der Waals surface area contributed by atoms with Crippen molar-refractivity contribution in [1.82, 2.24) is 0 Å². The van der Waals surface area contributed by atoms with E-state index in [0.717, 1.165) is 0 Å². The lowest BCUT2D eigenvalue weighted by atomic mass is 10.1. The minimum absolute atomic E-state index is 0.00323. The molecule has 84 valence electrons. The number of hydrogen-bond donors (Lipinski definition) is 2. The number of para-hydroxylation sites is 1. The molecule has 0 aliphatic rings. The van der Waals surface area contributed by atoms with Gasteiger partial charge in [-0.3, -0.25) is 0 Å². The minimum atomic E-state index is -0.122. The van der Waals surface area contributed by atoms with Crippen molar-refractivity contribution in [2.75, 3.05) is 6.61 Å². The van der Waals surface area contributed by atoms with Crippen molar-refractivity contribution in [1.29, 1.82) is 0 Å². The van der Waals surface area contributed by atoms with Crippen LogP contribution >= 0.6 is 23.4 Å². The number of aliphatic hydroxyl groups excluding tert-OH is 1. The molecule has 1 unspecified atom stereocenters. The van der Waals surface area contributed by atoms with Gasteiger partial charge in [-0.2, -0.15) is 0 Å². The maximum absolute atomic E-state index is 9.76. The highest BCUT2D eigenvalue weighted by atomic mass is 35.5. The second-order valence-corrected chi connectivity index (χ2v) is 5.72. The molecule has 2 nitrogen and oxygen atoms in total. The summed E-state index contributed by atoms with van der Waals surface area (Å²) < 4.78 is 0. The fraction of sp³-hybridized carbons (Fsp3) is 0.455. The van der Waals surface area contributed by atoms with Crippen LogP contribution in [0.15, 0.2) is 18.2 Å². The third-order valence-corrected chi connectivity index (χ3v) is 3.55. The summed E-state index contributed by atoms with van der Waals surface area (Å²) in [7, 11) is 0. The zero-order valence-corrected chi connectivity index (χ0v) is 10.3. The summed E-state index contributed by atoms with van der Waals surface area (Å²) in [6, 6.07) is 5.20. The Kier molecular flexibility index (Phi) is 4.77. The fourth-order valence-electron chi connectivity index (χ4n) is 1.34. The van der Waals surface area contributed by atoms with Crippen LogP contribution in [0.2, 0.25) is 5.02 Å². The maximum atomic E-state index is 9.76. The van der Waals surface area contributed by atoms with Crippen LogP contribution in [0, 0.1) is 0 Å². The summed E-state index contributed by atoms with van der Waals surface area (Å²) >= 11 is 7.42. The number of halogens is 1. The number of phenols is 1. The minimum Gasteiger partial charge on any atom is -0.506 e. The van der Waals surface area contributed by atoms with Gasteiger partial charge in [-0.05, 0) is 11.3 Å². The molecule has 0 spiro atoms. The Morgan fingerprint density at radius 3 is 2.60 bits per heavy atom. The number of aromatic hydroxyl groups is 1. The Morgan fingerprint density at radius 2 is 2.07 bits per heavy atom. The molecule has 1 aromatic rings. The third kappa shape index (κ3) is 3.30. The second kappa shape index (κ2) is 5.64. The standard InChI is InChI=1S/C11H15ClO2S/c1-7(2)15-10(6-13)8-4-3-5-9(12)11(8)14/h3-5,7,10,13-14H,6H2,1-2H3. The van der Waals surface area contributed by atoms with E-state index < -0.39 is 0 Å². The van der Waals surface area contributed by atoms with Gasteiger partial charge < -0.3 is 10.2 Å². The van der Waals surface area contributed by atoms with E-state index in [2.05, 4.69) is 13.8 Å². The van der Waals surface area contributed by atoms with Gasteiger partial charge in [-0.1, -0.05) is 37.6 Å². The van der Waals surface area contributed by atoms with E-state index in [0.29, 0.717) is 15.8 Å². The van der Waals surface area contributed by atoms with Crippen molar-refractivity contribution >= 4 is 23.4 Å². The van der Waals surface area contributed by atoms with Crippen molar-refractivity contribution in [2.45, 2.75) is 24.3 Å². The summed E-state index contributed by atoms with van der Waals surface area (Å²) in [6.45, 7) is 4.10. The van der Waals surface area contributed by atoms with Crippen molar-refractivity contribution in [3.63, 3.8) is 0 Å². The Labute approximate surface area is 99.3 Å². The highest BCUT2D eigenvalue weighted by Crippen LogP contribution is 2.39. The molecule has 0 aliphatic heterocycles. The summed E-state index contributed by atoms with van der Waals surface area (Å²) in [5.74, 6) is 0.0753. The average Bonchev–Trinajstić information content (AvgIpc) is 2.19. The van der Waals surface area contributed by atoms with E-state index in [4.69, 9.17) is 11.6 Å². The molecule has 15 heavy (non-hydrogen) atoms. The van der Waals surface area contributed by atoms with Gasteiger partial charge in [0.05, 0.1) is 16.9 Å². The SMILES string of the molecule is CC(C)SC(CO)c1cccc(Cl)c1O. The molecule has 0 saturated heterocycles. The Morgan fingerprint density at radius 1 is 1.40 bits per heavy atom. The molecule has 1 atom stereocenters. The molecule has 0 aliphatic carbocycles. The van der Waals surface area contributed by atoms with Gasteiger partial charge in [0.1, 0.15) is 5.75 Å². The predicted octanol–water partition coefficient (Wildman–Crippen LogP) is 3.22. The van der Waals surface area contributed by atoms with E-state index >= 15 is 0 Å². The third-order valence-electron chi connectivity index (χ3n) is 1.97. The molecule has 0 bridgehead atoms. The first-order valence-corrected chi connectivity index (χ1v) is 6.12. The van der Waals surface area contributed by atoms with E-state index in [1.165, 1.54) is 0 Å². The highest BCUT2D eigenvalue weighted by molar-refractivity contribution is 8.00. The van der Waals surface area contributed by atoms with Crippen LogP contribution in [-0.4, -0.2) is 22.1 Å². The van der Waals surface area contributed by atoms with Crippen LogP contribution in [0.5, 0.6) is 5.75 Å². The topological polar surface area (TPSA) is 40.5 Å². The van der Waals surface area contributed by atoms with Gasteiger partial charge in [0, 0.05) is 5.56 Å². The molecule has 1 rings (SSSR count). The molecule has 0 radical (unpaired) electrons. The Balaban J connectivity index is 2.96. The lowest BCUT2D eigenvalue weighted by Crippen LogP contribution is -2.04. The van der Waals surface area contributed by atoms with Crippen molar-refractivity contribution in [2.24, 2.45) is 0 Å². The van der Waals surface area contributed by atoms with Crippen LogP contribution in [0.3, 0.4) is 0 Å². The van der Waals surface area contributed by atoms with Crippen LogP contribution in [-0.2, 0) is 0 Å². The lowest BCUT2D eigenvalue weighted by molar-refractivity contribution is 0.294. The number of rotatable bonds is 4. The number of aliphatic hydroxyl groups is 1. The van der Waals surface area contributed by atoms with E-state index in [9.17, 15) is 10.2 Å². The predicted molar refractivity (Wildman–Crippen MR) is 65.7 cm³/mol. The summed E-state index contributed by atoms with van der Waals surface area (Å²) in [4.78, 5) is 0. The number of thioether (sulfide) groups is 1. The first kappa shape index (κ1) is 12.7. The van der Waals surface area contributed by atoms with Gasteiger partial charge in [0.2, 0.25) is 0 Å². The highest BCUT2D eigenvalue weighted by Gasteiger charge is 2.17. The van der Waals surface area contributed by atoms with E-state index in [1.807, 2.05) is 0 Å². The van der Waals surface area contributed by atoms with Crippen LogP contribution in [0.1, 0.15) is 24.7 Å². The first-order valence-electron chi connectivity index (χ1n) is 4.80. The van der Waals surface area contributed by atoms with Gasteiger partial charge >= 0.3 is 0 Å². The van der Waals surface area contributed by atoms with Crippen LogP contribution in [0.4, 0.5) is 0 Å². The summed E-state index contributed by atoms with van der Waals surface area (Å²) in [6.07, 6.45) is 0. The first-order chi connectivity index (χ1) is 7.06. The van der Waals surface area contributed by atoms with Crippen molar-refractivity contribution in [3.8, 4) is 5.75 Å². The largest absolute Gasteiger partial charge is 0.506 e. The van der Waals surface area contributed by atoms with Crippen molar-refractivity contribution in [3.05, 3.63) is 28.8 Å². The van der Waals surface area contributed by atoms with Crippen molar-refractivity contribution < 1.29 is 10.2 Å². The van der Waals surface area contributed by atoms with Crippen LogP contribution < -0.4 is 0 Å². The molecular formula is C11H15ClO2S. The van der Waals surface area contributed by atoms with E-state index in [-0.39, 0.29) is 17.6 Å². The summed E-state index contributed by atoms with van der Waals surface area (Å²) in [5, 5.41) is 19.6. The molecule has 0 heterocycles. The number of benzene rings is 1. The molecule has 0 saturated carbocycles. The van der Waals surface area contributed by atoms with E-state index in [1.54, 1.807) is 30.0 Å². The zero-order chi connectivity index (χ0) is 11.4. The smallest absolute Gasteiger partial charge is 0.138 e. The monoisotopic (exact) mass is 246 g/mol. The van der Waals surface area contributed by atoms with Gasteiger partial charge in [-0.25, -0.2) is 0 Å². The Hall–Kier alpha value is -0.380. The quantitative estimate of drug-likeness (QED) is 0.857. The molecule has 0 fully saturated rings. The molecule has 1 aromatic carbocycles. The molecule has 0 amide bonds. The molecular weight excluding hydrogens is 232 g/mol. The zero-order valence-electron chi connectivity index (χ0n) is 8.77. The van der Waals surface area contributed by atoms with Gasteiger partial charge in [0.15, 0.2) is 0 Å². The maximum Gasteiger partial charge on any atom is 0.138 e. The summed E-state index contributed by atoms with van der Waals surface area (Å²) in [5.41, 5.74) is 0.698. The molecule has 0 aromatic heterocycles. The normalized spacial score (nSPS) is 13.1. The number of phenolic OH excluding ortho intramolecular Hbond substituents is 1. The molecule has 2 N–H and O–H groups in total. The average molecular weight is 247 g/mol.